The van der Waals surface area contributed by atoms with Crippen LogP contribution >= 0.6 is 0 Å². The molecular formula is C19H16N6O2. The van der Waals surface area contributed by atoms with Crippen LogP contribution in [-0.2, 0) is 0 Å². The Morgan fingerprint density at radius 2 is 2.11 bits per heavy atom. The molecule has 1 aliphatic heterocycles. The van der Waals surface area contributed by atoms with E-state index in [1.54, 1.807) is 17.0 Å². The minimum atomic E-state index is -0.179. The van der Waals surface area contributed by atoms with Gasteiger partial charge in [0.15, 0.2) is 5.69 Å². The van der Waals surface area contributed by atoms with Gasteiger partial charge >= 0.3 is 0 Å². The van der Waals surface area contributed by atoms with E-state index in [2.05, 4.69) is 21.3 Å². The first kappa shape index (κ1) is 16.7. The third-order valence-electron chi connectivity index (χ3n) is 4.28. The number of hydrogen-bond acceptors (Lipinski definition) is 6. The molecule has 1 aromatic carbocycles. The van der Waals surface area contributed by atoms with Crippen molar-refractivity contribution < 1.29 is 9.53 Å². The molecule has 2 aromatic heterocycles. The van der Waals surface area contributed by atoms with Crippen molar-refractivity contribution in [3.8, 4) is 17.6 Å². The van der Waals surface area contributed by atoms with E-state index in [9.17, 15) is 4.79 Å². The van der Waals surface area contributed by atoms with Gasteiger partial charge in [0.1, 0.15) is 6.10 Å². The summed E-state index contributed by atoms with van der Waals surface area (Å²) in [5.74, 6) is 0.213. The van der Waals surface area contributed by atoms with Gasteiger partial charge in [0.2, 0.25) is 5.88 Å². The second kappa shape index (κ2) is 7.25. The summed E-state index contributed by atoms with van der Waals surface area (Å²) in [5, 5.41) is 17.4. The predicted molar refractivity (Wildman–Crippen MR) is 95.2 cm³/mol. The van der Waals surface area contributed by atoms with Crippen molar-refractivity contribution >= 4 is 5.91 Å². The van der Waals surface area contributed by atoms with Gasteiger partial charge in [-0.2, -0.15) is 15.2 Å². The zero-order chi connectivity index (χ0) is 18.6. The molecule has 3 aromatic rings. The van der Waals surface area contributed by atoms with E-state index in [1.807, 2.05) is 30.3 Å². The molecule has 0 radical (unpaired) electrons. The lowest BCUT2D eigenvalue weighted by atomic mass is 10.3. The van der Waals surface area contributed by atoms with E-state index in [4.69, 9.17) is 10.00 Å². The second-order valence-corrected chi connectivity index (χ2v) is 6.13. The Kier molecular flexibility index (Phi) is 4.49. The summed E-state index contributed by atoms with van der Waals surface area (Å²) in [6, 6.07) is 14.7. The number of carbonyl (C=O) groups is 1. The van der Waals surface area contributed by atoms with E-state index in [0.29, 0.717) is 36.6 Å². The van der Waals surface area contributed by atoms with Crippen molar-refractivity contribution in [1.29, 1.82) is 5.26 Å². The minimum Gasteiger partial charge on any atom is -0.472 e. The number of carbonyl (C=O) groups excluding carboxylic acids is 1. The van der Waals surface area contributed by atoms with E-state index < -0.39 is 0 Å². The predicted octanol–water partition coefficient (Wildman–Crippen LogP) is 1.83. The molecule has 1 saturated heterocycles. The summed E-state index contributed by atoms with van der Waals surface area (Å²) in [7, 11) is 0. The van der Waals surface area contributed by atoms with Crippen molar-refractivity contribution in [2.24, 2.45) is 0 Å². The molecule has 27 heavy (non-hydrogen) atoms. The molecule has 8 nitrogen and oxygen atoms in total. The normalized spacial score (nSPS) is 16.1. The maximum Gasteiger partial charge on any atom is 0.276 e. The molecular weight excluding hydrogens is 344 g/mol. The van der Waals surface area contributed by atoms with Crippen LogP contribution in [0, 0.1) is 11.3 Å². The SMILES string of the molecule is N#Cc1ccnc(OC2CCN(C(=O)c3cnn(-c4ccccc4)n3)C2)c1. The van der Waals surface area contributed by atoms with Gasteiger partial charge in [0.25, 0.3) is 5.91 Å². The van der Waals surface area contributed by atoms with Crippen molar-refractivity contribution in [3.05, 3.63) is 66.1 Å². The zero-order valence-electron chi connectivity index (χ0n) is 14.4. The smallest absolute Gasteiger partial charge is 0.276 e. The third kappa shape index (κ3) is 3.62. The average molecular weight is 360 g/mol. The summed E-state index contributed by atoms with van der Waals surface area (Å²) >= 11 is 0. The maximum atomic E-state index is 12.7. The fourth-order valence-corrected chi connectivity index (χ4v) is 2.93. The first-order valence-electron chi connectivity index (χ1n) is 8.53. The first-order valence-corrected chi connectivity index (χ1v) is 8.53. The number of benzene rings is 1. The van der Waals surface area contributed by atoms with Gasteiger partial charge in [-0.1, -0.05) is 18.2 Å². The molecule has 4 rings (SSSR count). The van der Waals surface area contributed by atoms with E-state index in [-0.39, 0.29) is 12.0 Å². The quantitative estimate of drug-likeness (QED) is 0.704. The largest absolute Gasteiger partial charge is 0.472 e. The molecule has 0 bridgehead atoms. The molecule has 1 amide bonds. The lowest BCUT2D eigenvalue weighted by Gasteiger charge is -2.15. The molecule has 1 unspecified atom stereocenters. The maximum absolute atomic E-state index is 12.7. The molecule has 0 spiro atoms. The fraction of sp³-hybridized carbons (Fsp3) is 0.211. The summed E-state index contributed by atoms with van der Waals surface area (Å²) < 4.78 is 5.81. The van der Waals surface area contributed by atoms with Crippen LogP contribution in [0.15, 0.2) is 54.9 Å². The van der Waals surface area contributed by atoms with Crippen LogP contribution in [0.1, 0.15) is 22.5 Å². The standard InChI is InChI=1S/C19H16N6O2/c20-11-14-6-8-21-18(10-14)27-16-7-9-24(13-16)19(26)17-12-22-25(23-17)15-4-2-1-3-5-15/h1-6,8,10,12,16H,7,9,13H2. The van der Waals surface area contributed by atoms with Crippen LogP contribution in [0.3, 0.4) is 0 Å². The third-order valence-corrected chi connectivity index (χ3v) is 4.28. The lowest BCUT2D eigenvalue weighted by molar-refractivity contribution is 0.0765. The number of nitrogens with zero attached hydrogens (tertiary/aromatic N) is 6. The van der Waals surface area contributed by atoms with Crippen molar-refractivity contribution in [2.45, 2.75) is 12.5 Å². The van der Waals surface area contributed by atoms with Gasteiger partial charge in [0, 0.05) is 25.2 Å². The van der Waals surface area contributed by atoms with Crippen LogP contribution < -0.4 is 4.74 Å². The Bertz CT molecular complexity index is 995. The molecule has 1 aliphatic rings. The fourth-order valence-electron chi connectivity index (χ4n) is 2.93. The van der Waals surface area contributed by atoms with Gasteiger partial charge in [-0.25, -0.2) is 4.98 Å². The monoisotopic (exact) mass is 360 g/mol. The number of pyridine rings is 1. The highest BCUT2D eigenvalue weighted by Gasteiger charge is 2.30. The number of para-hydroxylation sites is 1. The minimum absolute atomic E-state index is 0.167. The van der Waals surface area contributed by atoms with Crippen LogP contribution in [0.4, 0.5) is 0 Å². The van der Waals surface area contributed by atoms with Gasteiger partial charge in [-0.3, -0.25) is 4.79 Å². The Balaban J connectivity index is 1.41. The molecule has 8 heteroatoms. The van der Waals surface area contributed by atoms with Gasteiger partial charge in [0.05, 0.1) is 30.1 Å². The Morgan fingerprint density at radius 1 is 1.26 bits per heavy atom. The molecule has 1 fully saturated rings. The highest BCUT2D eigenvalue weighted by Crippen LogP contribution is 2.19. The molecule has 0 aliphatic carbocycles. The van der Waals surface area contributed by atoms with Crippen molar-refractivity contribution in [1.82, 2.24) is 24.9 Å². The molecule has 1 atom stereocenters. The first-order chi connectivity index (χ1) is 13.2. The second-order valence-electron chi connectivity index (χ2n) is 6.13. The zero-order valence-corrected chi connectivity index (χ0v) is 14.4. The van der Waals surface area contributed by atoms with E-state index >= 15 is 0 Å². The van der Waals surface area contributed by atoms with E-state index in [0.717, 1.165) is 5.69 Å². The van der Waals surface area contributed by atoms with Crippen molar-refractivity contribution in [3.63, 3.8) is 0 Å². The number of rotatable bonds is 4. The summed E-state index contributed by atoms with van der Waals surface area (Å²) in [6.45, 7) is 1.01. The molecule has 134 valence electrons. The van der Waals surface area contributed by atoms with Crippen LogP contribution in [0.25, 0.3) is 5.69 Å². The number of nitriles is 1. The van der Waals surface area contributed by atoms with E-state index in [1.165, 1.54) is 17.2 Å². The van der Waals surface area contributed by atoms with Crippen LogP contribution in [-0.4, -0.2) is 50.0 Å². The van der Waals surface area contributed by atoms with Crippen LogP contribution in [0.2, 0.25) is 0 Å². The summed E-state index contributed by atoms with van der Waals surface area (Å²) in [4.78, 5) is 19.9. The highest BCUT2D eigenvalue weighted by molar-refractivity contribution is 5.92. The Hall–Kier alpha value is -3.73. The Labute approximate surface area is 155 Å². The van der Waals surface area contributed by atoms with Crippen LogP contribution in [0.5, 0.6) is 5.88 Å². The van der Waals surface area contributed by atoms with Gasteiger partial charge in [-0.05, 0) is 18.2 Å². The van der Waals surface area contributed by atoms with Gasteiger partial charge < -0.3 is 9.64 Å². The average Bonchev–Trinajstić information content (AvgIpc) is 3.38. The highest BCUT2D eigenvalue weighted by atomic mass is 16.5. The topological polar surface area (TPSA) is 96.9 Å². The van der Waals surface area contributed by atoms with Crippen molar-refractivity contribution in [2.75, 3.05) is 13.1 Å². The Morgan fingerprint density at radius 3 is 2.93 bits per heavy atom. The number of likely N-dealkylation sites (tertiary alicyclic amines) is 1. The molecule has 0 saturated carbocycles. The van der Waals surface area contributed by atoms with Gasteiger partial charge in [-0.15, -0.1) is 5.10 Å². The number of ether oxygens (including phenoxy) is 1. The summed E-state index contributed by atoms with van der Waals surface area (Å²) in [5.41, 5.74) is 1.58. The number of amides is 1. The lowest BCUT2D eigenvalue weighted by Crippen LogP contribution is -2.31. The molecule has 3 heterocycles. The molecule has 0 N–H and O–H groups in total. The number of hydrogen-bond donors (Lipinski definition) is 0. The summed E-state index contributed by atoms with van der Waals surface area (Å²) in [6.07, 6.45) is 3.53. The number of aromatic nitrogens is 4.